The average Bonchev–Trinajstić information content (AvgIpc) is 2.72. The second-order valence-electron chi connectivity index (χ2n) is 6.12. The molecular weight excluding hydrogens is 380 g/mol. The summed E-state index contributed by atoms with van der Waals surface area (Å²) in [6, 6.07) is 11.0. The number of aryl methyl sites for hydroxylation is 1. The van der Waals surface area contributed by atoms with E-state index in [1.54, 1.807) is 24.3 Å². The van der Waals surface area contributed by atoms with Gasteiger partial charge in [-0.2, -0.15) is 0 Å². The smallest absolute Gasteiger partial charge is 0.306 e. The van der Waals surface area contributed by atoms with Gasteiger partial charge < -0.3 is 19.5 Å². The van der Waals surface area contributed by atoms with Crippen molar-refractivity contribution in [2.24, 2.45) is 0 Å². The number of carbonyl (C=O) groups excluding carboxylic acids is 2. The fraction of sp³-hybridized carbons (Fsp3) is 0.300. The molecule has 0 aliphatic heterocycles. The van der Waals surface area contributed by atoms with Gasteiger partial charge in [0.05, 0.1) is 19.1 Å². The van der Waals surface area contributed by atoms with Crippen LogP contribution in [0.15, 0.2) is 42.5 Å². The second-order valence-corrected chi connectivity index (χ2v) is 6.12. The number of anilines is 1. The number of rotatable bonds is 9. The molecule has 1 amide bonds. The van der Waals surface area contributed by atoms with E-state index in [1.165, 1.54) is 39.3 Å². The average molecular weight is 402 g/mol. The van der Waals surface area contributed by atoms with Crippen molar-refractivity contribution in [3.8, 4) is 11.5 Å². The van der Waals surface area contributed by atoms with Crippen LogP contribution in [0, 0.1) is 10.1 Å². The Kier molecular flexibility index (Phi) is 7.53. The zero-order valence-corrected chi connectivity index (χ0v) is 16.3. The summed E-state index contributed by atoms with van der Waals surface area (Å²) in [6.07, 6.45) is -0.702. The van der Waals surface area contributed by atoms with Gasteiger partial charge >= 0.3 is 5.97 Å². The highest BCUT2D eigenvalue weighted by Crippen LogP contribution is 2.24. The number of amides is 1. The highest BCUT2D eigenvalue weighted by atomic mass is 16.6. The molecule has 1 atom stereocenters. The fourth-order valence-electron chi connectivity index (χ4n) is 2.54. The summed E-state index contributed by atoms with van der Waals surface area (Å²) in [5.41, 5.74) is 0.607. The molecule has 9 nitrogen and oxygen atoms in total. The summed E-state index contributed by atoms with van der Waals surface area (Å²) in [6.45, 7) is 1.40. The fourth-order valence-corrected chi connectivity index (χ4v) is 2.54. The Balaban J connectivity index is 1.92. The van der Waals surface area contributed by atoms with Crippen molar-refractivity contribution in [3.63, 3.8) is 0 Å². The van der Waals surface area contributed by atoms with E-state index in [0.717, 1.165) is 5.56 Å². The molecule has 2 rings (SSSR count). The van der Waals surface area contributed by atoms with Crippen LogP contribution in [-0.2, 0) is 20.7 Å². The zero-order valence-electron chi connectivity index (χ0n) is 16.3. The van der Waals surface area contributed by atoms with Crippen molar-refractivity contribution in [2.75, 3.05) is 19.5 Å². The molecule has 0 heterocycles. The summed E-state index contributed by atoms with van der Waals surface area (Å²) in [7, 11) is 3.06. The summed E-state index contributed by atoms with van der Waals surface area (Å²) >= 11 is 0. The van der Waals surface area contributed by atoms with E-state index in [2.05, 4.69) is 5.32 Å². The number of hydrogen-bond acceptors (Lipinski definition) is 7. The van der Waals surface area contributed by atoms with Crippen LogP contribution in [0.4, 0.5) is 11.4 Å². The lowest BCUT2D eigenvalue weighted by atomic mass is 10.1. The molecule has 9 heteroatoms. The number of nitrogens with one attached hydrogen (secondary N) is 1. The third kappa shape index (κ3) is 6.20. The summed E-state index contributed by atoms with van der Waals surface area (Å²) < 4.78 is 15.5. The van der Waals surface area contributed by atoms with Gasteiger partial charge in [-0.3, -0.25) is 19.7 Å². The van der Waals surface area contributed by atoms with E-state index in [1.807, 2.05) is 0 Å². The van der Waals surface area contributed by atoms with Crippen LogP contribution >= 0.6 is 0 Å². The van der Waals surface area contributed by atoms with E-state index < -0.39 is 22.9 Å². The molecule has 2 aromatic carbocycles. The topological polar surface area (TPSA) is 117 Å². The standard InChI is InChI=1S/C20H22N2O7/c1-13(20(24)21-17-6-4-5-7-18(17)22(25)26)29-19(23)9-8-14-10-15(27-2)12-16(11-14)28-3/h4-7,10-13H,8-9H2,1-3H3,(H,21,24)/t13-/m1/s1. The largest absolute Gasteiger partial charge is 0.497 e. The van der Waals surface area contributed by atoms with Gasteiger partial charge in [-0.1, -0.05) is 12.1 Å². The number of ether oxygens (including phenoxy) is 3. The minimum absolute atomic E-state index is 0.0360. The van der Waals surface area contributed by atoms with Gasteiger partial charge in [0.15, 0.2) is 6.10 Å². The minimum Gasteiger partial charge on any atom is -0.497 e. The maximum absolute atomic E-state index is 12.2. The van der Waals surface area contributed by atoms with Crippen LogP contribution in [0.25, 0.3) is 0 Å². The molecule has 1 N–H and O–H groups in total. The van der Waals surface area contributed by atoms with Crippen molar-refractivity contribution < 1.29 is 28.7 Å². The number of nitro benzene ring substituents is 1. The first kappa shape index (κ1) is 21.7. The molecule has 0 spiro atoms. The summed E-state index contributed by atoms with van der Waals surface area (Å²) in [5.74, 6) is -0.0254. The van der Waals surface area contributed by atoms with Crippen molar-refractivity contribution >= 4 is 23.3 Å². The molecule has 154 valence electrons. The number of hydrogen-bond donors (Lipinski definition) is 1. The first-order chi connectivity index (χ1) is 13.8. The number of esters is 1. The summed E-state index contributed by atoms with van der Waals surface area (Å²) in [4.78, 5) is 34.7. The third-order valence-electron chi connectivity index (χ3n) is 4.07. The molecule has 0 bridgehead atoms. The normalized spacial score (nSPS) is 11.3. The van der Waals surface area contributed by atoms with Gasteiger partial charge in [-0.15, -0.1) is 0 Å². The molecular formula is C20H22N2O7. The highest BCUT2D eigenvalue weighted by Gasteiger charge is 2.21. The van der Waals surface area contributed by atoms with Crippen molar-refractivity contribution in [3.05, 3.63) is 58.1 Å². The SMILES string of the molecule is COc1cc(CCC(=O)O[C@H](C)C(=O)Nc2ccccc2[N+](=O)[O-])cc(OC)c1. The molecule has 0 aliphatic rings. The van der Waals surface area contributed by atoms with E-state index in [4.69, 9.17) is 14.2 Å². The molecule has 0 aromatic heterocycles. The van der Waals surface area contributed by atoms with Crippen LogP contribution in [0.2, 0.25) is 0 Å². The molecule has 0 aliphatic carbocycles. The summed E-state index contributed by atoms with van der Waals surface area (Å²) in [5, 5.41) is 13.4. The third-order valence-corrected chi connectivity index (χ3v) is 4.07. The first-order valence-electron chi connectivity index (χ1n) is 8.79. The van der Waals surface area contributed by atoms with Crippen LogP contribution < -0.4 is 14.8 Å². The predicted molar refractivity (Wildman–Crippen MR) is 105 cm³/mol. The van der Waals surface area contributed by atoms with Gasteiger partial charge in [0, 0.05) is 18.6 Å². The Hall–Kier alpha value is -3.62. The van der Waals surface area contributed by atoms with Crippen LogP contribution in [-0.4, -0.2) is 37.1 Å². The highest BCUT2D eigenvalue weighted by molar-refractivity contribution is 5.96. The predicted octanol–water partition coefficient (Wildman–Crippen LogP) is 3.12. The molecule has 0 radical (unpaired) electrons. The molecule has 29 heavy (non-hydrogen) atoms. The molecule has 0 saturated heterocycles. The quantitative estimate of drug-likeness (QED) is 0.389. The van der Waals surface area contributed by atoms with Gasteiger partial charge in [0.1, 0.15) is 17.2 Å². The lowest BCUT2D eigenvalue weighted by Crippen LogP contribution is -2.30. The van der Waals surface area contributed by atoms with Gasteiger partial charge in [0.2, 0.25) is 0 Å². The Morgan fingerprint density at radius 1 is 1.10 bits per heavy atom. The second kappa shape index (κ2) is 10.1. The van der Waals surface area contributed by atoms with Gasteiger partial charge in [-0.05, 0) is 37.1 Å². The van der Waals surface area contributed by atoms with Crippen LogP contribution in [0.5, 0.6) is 11.5 Å². The Bertz CT molecular complexity index is 876. The molecule has 0 saturated carbocycles. The number of methoxy groups -OCH3 is 2. The number of nitrogens with zero attached hydrogens (tertiary/aromatic N) is 1. The Morgan fingerprint density at radius 2 is 1.72 bits per heavy atom. The number of para-hydroxylation sites is 2. The monoisotopic (exact) mass is 402 g/mol. The maximum Gasteiger partial charge on any atom is 0.306 e. The first-order valence-corrected chi connectivity index (χ1v) is 8.79. The van der Waals surface area contributed by atoms with Crippen LogP contribution in [0.1, 0.15) is 18.9 Å². The van der Waals surface area contributed by atoms with Crippen molar-refractivity contribution in [1.29, 1.82) is 0 Å². The lowest BCUT2D eigenvalue weighted by molar-refractivity contribution is -0.383. The van der Waals surface area contributed by atoms with Crippen molar-refractivity contribution in [1.82, 2.24) is 0 Å². The molecule has 2 aromatic rings. The van der Waals surface area contributed by atoms with E-state index in [9.17, 15) is 19.7 Å². The molecule has 0 unspecified atom stereocenters. The number of carbonyl (C=O) groups is 2. The van der Waals surface area contributed by atoms with E-state index in [0.29, 0.717) is 17.9 Å². The van der Waals surface area contributed by atoms with Gasteiger partial charge in [-0.25, -0.2) is 0 Å². The van der Waals surface area contributed by atoms with Crippen molar-refractivity contribution in [2.45, 2.75) is 25.9 Å². The molecule has 0 fully saturated rings. The Labute approximate surface area is 167 Å². The maximum atomic E-state index is 12.2. The van der Waals surface area contributed by atoms with E-state index >= 15 is 0 Å². The number of benzene rings is 2. The Morgan fingerprint density at radius 3 is 2.31 bits per heavy atom. The van der Waals surface area contributed by atoms with E-state index in [-0.39, 0.29) is 17.8 Å². The van der Waals surface area contributed by atoms with Gasteiger partial charge in [0.25, 0.3) is 11.6 Å². The zero-order chi connectivity index (χ0) is 21.4. The van der Waals surface area contributed by atoms with Crippen LogP contribution in [0.3, 0.4) is 0 Å². The lowest BCUT2D eigenvalue weighted by Gasteiger charge is -2.14. The number of nitro groups is 1. The minimum atomic E-state index is -1.11.